The summed E-state index contributed by atoms with van der Waals surface area (Å²) < 4.78 is 26.9. The Morgan fingerprint density at radius 2 is 2.39 bits per heavy atom. The van der Waals surface area contributed by atoms with Gasteiger partial charge in [0.25, 0.3) is 0 Å². The molecule has 1 rings (SSSR count). The van der Waals surface area contributed by atoms with E-state index in [0.29, 0.717) is 0 Å². The quantitative estimate of drug-likeness (QED) is 0.722. The summed E-state index contributed by atoms with van der Waals surface area (Å²) in [5, 5.41) is 20.6. The topological polar surface area (TPSA) is 125 Å². The molecule has 2 N–H and O–H groups in total. The molecule has 0 radical (unpaired) electrons. The molecule has 8 nitrogen and oxygen atoms in total. The molecule has 0 amide bonds. The van der Waals surface area contributed by atoms with Crippen molar-refractivity contribution in [1.82, 2.24) is 14.5 Å². The second kappa shape index (κ2) is 5.61. The van der Waals surface area contributed by atoms with Gasteiger partial charge >= 0.3 is 5.97 Å². The lowest BCUT2D eigenvalue weighted by Crippen LogP contribution is -2.32. The molecule has 1 aromatic heterocycles. The molecule has 0 aliphatic heterocycles. The molecule has 0 aliphatic rings. The van der Waals surface area contributed by atoms with E-state index >= 15 is 0 Å². The van der Waals surface area contributed by atoms with Gasteiger partial charge in [-0.1, -0.05) is 0 Å². The van der Waals surface area contributed by atoms with Crippen LogP contribution in [0.4, 0.5) is 0 Å². The van der Waals surface area contributed by atoms with Crippen LogP contribution in [0.3, 0.4) is 0 Å². The van der Waals surface area contributed by atoms with E-state index in [4.69, 9.17) is 10.4 Å². The highest BCUT2D eigenvalue weighted by molar-refractivity contribution is 7.89. The first-order chi connectivity index (χ1) is 8.35. The largest absolute Gasteiger partial charge is 0.480 e. The highest BCUT2D eigenvalue weighted by Gasteiger charge is 2.19. The van der Waals surface area contributed by atoms with Crippen molar-refractivity contribution in [3.8, 4) is 6.07 Å². The van der Waals surface area contributed by atoms with Crippen LogP contribution in [0.1, 0.15) is 13.3 Å². The molecule has 0 aromatic carbocycles. The Hall–Kier alpha value is -1.92. The number of nitriles is 1. The van der Waals surface area contributed by atoms with Gasteiger partial charge in [-0.25, -0.2) is 13.1 Å². The zero-order chi connectivity index (χ0) is 13.8. The van der Waals surface area contributed by atoms with E-state index in [2.05, 4.69) is 9.82 Å². The molecule has 0 fully saturated rings. The number of hydrogen-bond donors (Lipinski definition) is 2. The highest BCUT2D eigenvalue weighted by Crippen LogP contribution is 2.08. The molecule has 1 heterocycles. The Morgan fingerprint density at radius 1 is 1.72 bits per heavy atom. The van der Waals surface area contributed by atoms with Crippen molar-refractivity contribution < 1.29 is 18.3 Å². The predicted molar refractivity (Wildman–Crippen MR) is 59.9 cm³/mol. The second-order valence-electron chi connectivity index (χ2n) is 3.65. The minimum absolute atomic E-state index is 0.0441. The number of carboxylic acids is 1. The second-order valence-corrected chi connectivity index (χ2v) is 5.37. The van der Waals surface area contributed by atoms with Crippen LogP contribution in [0.2, 0.25) is 0 Å². The fraction of sp³-hybridized carbons (Fsp3) is 0.444. The number of hydrogen-bond acceptors (Lipinski definition) is 5. The van der Waals surface area contributed by atoms with Gasteiger partial charge in [-0.3, -0.25) is 9.48 Å². The lowest BCUT2D eigenvalue weighted by molar-refractivity contribution is -0.137. The normalized spacial score (nSPS) is 12.9. The summed E-state index contributed by atoms with van der Waals surface area (Å²) in [5.74, 6) is -1.12. The first-order valence-electron chi connectivity index (χ1n) is 4.98. The molecule has 18 heavy (non-hydrogen) atoms. The fourth-order valence-corrected chi connectivity index (χ4v) is 2.42. The van der Waals surface area contributed by atoms with E-state index in [9.17, 15) is 13.2 Å². The summed E-state index contributed by atoms with van der Waals surface area (Å²) >= 11 is 0. The number of sulfonamides is 1. The molecule has 0 aliphatic carbocycles. The number of nitrogens with zero attached hydrogens (tertiary/aromatic N) is 3. The van der Waals surface area contributed by atoms with Crippen molar-refractivity contribution in [3.63, 3.8) is 0 Å². The number of carboxylic acid groups (broad SMARTS) is 1. The standard InChI is InChI=1S/C9H12N4O4S/c1-7(2-3-10)12-18(16,17)8-4-11-13(5-8)6-9(14)15/h4-5,7,12H,2,6H2,1H3,(H,14,15). The van der Waals surface area contributed by atoms with Crippen molar-refractivity contribution in [2.45, 2.75) is 30.8 Å². The summed E-state index contributed by atoms with van der Waals surface area (Å²) in [4.78, 5) is 10.3. The number of aromatic nitrogens is 2. The first kappa shape index (κ1) is 14.1. The molecule has 0 saturated heterocycles. The van der Waals surface area contributed by atoms with Gasteiger partial charge in [-0.15, -0.1) is 0 Å². The third-order valence-corrected chi connectivity index (χ3v) is 3.52. The summed E-state index contributed by atoms with van der Waals surface area (Å²) in [6, 6.07) is 1.32. The van der Waals surface area contributed by atoms with Crippen LogP contribution >= 0.6 is 0 Å². The van der Waals surface area contributed by atoms with Crippen molar-refractivity contribution in [3.05, 3.63) is 12.4 Å². The van der Waals surface area contributed by atoms with Crippen LogP contribution in [-0.4, -0.2) is 35.3 Å². The SMILES string of the molecule is CC(CC#N)NS(=O)(=O)c1cnn(CC(=O)O)c1. The van der Waals surface area contributed by atoms with E-state index in [0.717, 1.165) is 17.1 Å². The molecule has 0 spiro atoms. The van der Waals surface area contributed by atoms with E-state index in [1.807, 2.05) is 6.07 Å². The van der Waals surface area contributed by atoms with Crippen LogP contribution in [0.15, 0.2) is 17.3 Å². The van der Waals surface area contributed by atoms with Gasteiger partial charge in [0.15, 0.2) is 0 Å². The number of nitrogens with one attached hydrogen (secondary N) is 1. The van der Waals surface area contributed by atoms with Crippen molar-refractivity contribution >= 4 is 16.0 Å². The van der Waals surface area contributed by atoms with E-state index in [-0.39, 0.29) is 11.3 Å². The molecule has 1 unspecified atom stereocenters. The molecule has 0 saturated carbocycles. The van der Waals surface area contributed by atoms with Gasteiger partial charge < -0.3 is 5.11 Å². The average molecular weight is 272 g/mol. The van der Waals surface area contributed by atoms with Crippen LogP contribution in [0.5, 0.6) is 0 Å². The maximum atomic E-state index is 11.8. The van der Waals surface area contributed by atoms with Crippen LogP contribution in [0.25, 0.3) is 0 Å². The first-order valence-corrected chi connectivity index (χ1v) is 6.47. The summed E-state index contributed by atoms with van der Waals surface area (Å²) in [7, 11) is -3.77. The van der Waals surface area contributed by atoms with E-state index < -0.39 is 28.6 Å². The minimum atomic E-state index is -3.77. The summed E-state index contributed by atoms with van der Waals surface area (Å²) in [6.45, 7) is 1.14. The van der Waals surface area contributed by atoms with E-state index in [1.54, 1.807) is 6.92 Å². The Labute approximate surface area is 104 Å². The molecule has 1 aromatic rings. The Morgan fingerprint density at radius 3 is 2.94 bits per heavy atom. The number of rotatable bonds is 6. The Balaban J connectivity index is 2.83. The number of carbonyl (C=O) groups is 1. The van der Waals surface area contributed by atoms with Gasteiger partial charge in [-0.2, -0.15) is 10.4 Å². The maximum absolute atomic E-state index is 11.8. The van der Waals surface area contributed by atoms with Crippen LogP contribution in [0, 0.1) is 11.3 Å². The lowest BCUT2D eigenvalue weighted by atomic mass is 10.3. The van der Waals surface area contributed by atoms with E-state index in [1.165, 1.54) is 0 Å². The van der Waals surface area contributed by atoms with Crippen LogP contribution in [-0.2, 0) is 21.4 Å². The van der Waals surface area contributed by atoms with Gasteiger partial charge in [0, 0.05) is 12.2 Å². The van der Waals surface area contributed by atoms with Gasteiger partial charge in [-0.05, 0) is 6.92 Å². The molecule has 9 heteroatoms. The van der Waals surface area contributed by atoms with Gasteiger partial charge in [0.2, 0.25) is 10.0 Å². The third kappa shape index (κ3) is 3.83. The molecule has 0 bridgehead atoms. The van der Waals surface area contributed by atoms with Crippen molar-refractivity contribution in [1.29, 1.82) is 5.26 Å². The smallest absolute Gasteiger partial charge is 0.325 e. The maximum Gasteiger partial charge on any atom is 0.325 e. The molecule has 98 valence electrons. The number of aliphatic carboxylic acids is 1. The Bertz CT molecular complexity index is 572. The summed E-state index contributed by atoms with van der Waals surface area (Å²) in [6.07, 6.45) is 2.22. The van der Waals surface area contributed by atoms with Gasteiger partial charge in [0.05, 0.1) is 18.7 Å². The minimum Gasteiger partial charge on any atom is -0.480 e. The third-order valence-electron chi connectivity index (χ3n) is 1.97. The zero-order valence-electron chi connectivity index (χ0n) is 9.57. The highest BCUT2D eigenvalue weighted by atomic mass is 32.2. The van der Waals surface area contributed by atoms with Crippen molar-refractivity contribution in [2.24, 2.45) is 0 Å². The fourth-order valence-electron chi connectivity index (χ4n) is 1.22. The molecular formula is C9H12N4O4S. The van der Waals surface area contributed by atoms with Crippen molar-refractivity contribution in [2.75, 3.05) is 0 Å². The predicted octanol–water partition coefficient (Wildman–Crippen LogP) is -0.452. The Kier molecular flexibility index (Phi) is 4.41. The monoisotopic (exact) mass is 272 g/mol. The molecule has 1 atom stereocenters. The van der Waals surface area contributed by atoms with Crippen LogP contribution < -0.4 is 4.72 Å². The lowest BCUT2D eigenvalue weighted by Gasteiger charge is -2.09. The zero-order valence-corrected chi connectivity index (χ0v) is 10.4. The van der Waals surface area contributed by atoms with Gasteiger partial charge in [0.1, 0.15) is 11.4 Å². The average Bonchev–Trinajstić information content (AvgIpc) is 2.65. The molecular weight excluding hydrogens is 260 g/mol. The summed E-state index contributed by atoms with van der Waals surface area (Å²) in [5.41, 5.74) is 0.